The van der Waals surface area contributed by atoms with Crippen molar-refractivity contribution in [3.63, 3.8) is 0 Å². The normalized spacial score (nSPS) is 10.7. The number of hydrogen-bond acceptors (Lipinski definition) is 3. The molecule has 0 fully saturated rings. The molecule has 5 heteroatoms. The van der Waals surface area contributed by atoms with Crippen molar-refractivity contribution in [2.45, 2.75) is 0 Å². The lowest BCUT2D eigenvalue weighted by atomic mass is 10.1. The highest BCUT2D eigenvalue weighted by Crippen LogP contribution is 2.24. The summed E-state index contributed by atoms with van der Waals surface area (Å²) in [4.78, 5) is 8.31. The number of aromatic nitrogens is 2. The summed E-state index contributed by atoms with van der Waals surface area (Å²) in [6.07, 6.45) is 7.24. The molecule has 2 heterocycles. The molecule has 24 heavy (non-hydrogen) atoms. The molecular formula is C19H14N4S. The minimum atomic E-state index is 0.545. The third-order valence-corrected chi connectivity index (χ3v) is 4.06. The average molecular weight is 330 g/mol. The van der Waals surface area contributed by atoms with Crippen LogP contribution in [-0.2, 0) is 0 Å². The van der Waals surface area contributed by atoms with Gasteiger partial charge in [-0.15, -0.1) is 0 Å². The molecule has 2 aromatic heterocycles. The summed E-state index contributed by atoms with van der Waals surface area (Å²) >= 11 is 5.49. The molecule has 0 bridgehead atoms. The Morgan fingerprint density at radius 2 is 1.21 bits per heavy atom. The monoisotopic (exact) mass is 330 g/mol. The second-order valence-corrected chi connectivity index (χ2v) is 5.79. The van der Waals surface area contributed by atoms with Crippen molar-refractivity contribution in [1.29, 1.82) is 0 Å². The number of thiocarbonyl (C=S) groups is 1. The highest BCUT2D eigenvalue weighted by molar-refractivity contribution is 7.80. The Bertz CT molecular complexity index is 952. The second-order valence-electron chi connectivity index (χ2n) is 5.38. The molecule has 0 spiro atoms. The number of rotatable bonds is 2. The van der Waals surface area contributed by atoms with Crippen LogP contribution in [0.3, 0.4) is 0 Å². The van der Waals surface area contributed by atoms with Crippen LogP contribution in [0.4, 0.5) is 11.4 Å². The van der Waals surface area contributed by atoms with Gasteiger partial charge >= 0.3 is 0 Å². The fourth-order valence-electron chi connectivity index (χ4n) is 2.74. The van der Waals surface area contributed by atoms with E-state index in [1.165, 1.54) is 0 Å². The highest BCUT2D eigenvalue weighted by Gasteiger charge is 2.05. The van der Waals surface area contributed by atoms with Crippen molar-refractivity contribution in [3.05, 3.63) is 73.3 Å². The van der Waals surface area contributed by atoms with Crippen molar-refractivity contribution in [2.75, 3.05) is 10.6 Å². The van der Waals surface area contributed by atoms with Gasteiger partial charge in [0.25, 0.3) is 0 Å². The Labute approximate surface area is 144 Å². The van der Waals surface area contributed by atoms with Gasteiger partial charge in [-0.1, -0.05) is 24.3 Å². The van der Waals surface area contributed by atoms with Gasteiger partial charge in [-0.3, -0.25) is 9.97 Å². The van der Waals surface area contributed by atoms with Gasteiger partial charge in [0.2, 0.25) is 0 Å². The lowest BCUT2D eigenvalue weighted by Gasteiger charge is -2.14. The van der Waals surface area contributed by atoms with Crippen LogP contribution in [0, 0.1) is 0 Å². The fourth-order valence-corrected chi connectivity index (χ4v) is 2.96. The molecule has 0 saturated carbocycles. The molecule has 0 atom stereocenters. The van der Waals surface area contributed by atoms with Crippen LogP contribution in [-0.4, -0.2) is 15.1 Å². The standard InChI is InChI=1S/C19H14N4S/c24-19(22-17-5-1-3-13-11-20-9-7-15(13)17)23-18-6-2-4-14-12-21-10-8-16(14)18/h1-12H,(H2,22,23,24). The lowest BCUT2D eigenvalue weighted by molar-refractivity contribution is 1.36. The molecule has 2 aromatic carbocycles. The SMILES string of the molecule is S=C(Nc1cccc2cnccc12)Nc1cccc2cnccc12. The van der Waals surface area contributed by atoms with Crippen LogP contribution < -0.4 is 10.6 Å². The minimum Gasteiger partial charge on any atom is -0.332 e. The summed E-state index contributed by atoms with van der Waals surface area (Å²) in [6.45, 7) is 0. The predicted molar refractivity (Wildman–Crippen MR) is 103 cm³/mol. The Balaban J connectivity index is 1.62. The molecule has 4 nitrogen and oxygen atoms in total. The maximum Gasteiger partial charge on any atom is 0.175 e. The van der Waals surface area contributed by atoms with Gasteiger partial charge in [0.05, 0.1) is 0 Å². The second kappa shape index (κ2) is 6.22. The summed E-state index contributed by atoms with van der Waals surface area (Å²) in [5.41, 5.74) is 1.91. The quantitative estimate of drug-likeness (QED) is 0.526. The lowest BCUT2D eigenvalue weighted by Crippen LogP contribution is -2.19. The number of pyridine rings is 2. The Kier molecular flexibility index (Phi) is 3.76. The van der Waals surface area contributed by atoms with Crippen molar-refractivity contribution in [3.8, 4) is 0 Å². The zero-order valence-corrected chi connectivity index (χ0v) is 13.5. The third-order valence-electron chi connectivity index (χ3n) is 3.86. The minimum absolute atomic E-state index is 0.545. The van der Waals surface area contributed by atoms with E-state index in [0.717, 1.165) is 32.9 Å². The average Bonchev–Trinajstić information content (AvgIpc) is 2.62. The van der Waals surface area contributed by atoms with Gasteiger partial charge in [-0.2, -0.15) is 0 Å². The molecule has 0 aliphatic carbocycles. The van der Waals surface area contributed by atoms with Crippen LogP contribution in [0.15, 0.2) is 73.3 Å². The molecule has 0 radical (unpaired) electrons. The van der Waals surface area contributed by atoms with Crippen LogP contribution >= 0.6 is 12.2 Å². The zero-order chi connectivity index (χ0) is 16.4. The fraction of sp³-hybridized carbons (Fsp3) is 0. The van der Waals surface area contributed by atoms with Crippen LogP contribution in [0.1, 0.15) is 0 Å². The van der Waals surface area contributed by atoms with Crippen molar-refractivity contribution in [2.24, 2.45) is 0 Å². The zero-order valence-electron chi connectivity index (χ0n) is 12.7. The molecule has 0 aliphatic rings. The number of anilines is 2. The van der Waals surface area contributed by atoms with Crippen LogP contribution in [0.25, 0.3) is 21.5 Å². The number of hydrogen-bond donors (Lipinski definition) is 2. The third kappa shape index (κ3) is 2.77. The van der Waals surface area contributed by atoms with Gasteiger partial charge in [0.15, 0.2) is 5.11 Å². The van der Waals surface area contributed by atoms with Gasteiger partial charge in [0.1, 0.15) is 0 Å². The van der Waals surface area contributed by atoms with E-state index in [0.29, 0.717) is 5.11 Å². The van der Waals surface area contributed by atoms with Gasteiger partial charge in [0, 0.05) is 57.7 Å². The maximum atomic E-state index is 5.49. The van der Waals surface area contributed by atoms with Crippen LogP contribution in [0.2, 0.25) is 0 Å². The van der Waals surface area contributed by atoms with Crippen molar-refractivity contribution >= 4 is 50.2 Å². The summed E-state index contributed by atoms with van der Waals surface area (Å²) < 4.78 is 0. The van der Waals surface area contributed by atoms with E-state index < -0.39 is 0 Å². The number of fused-ring (bicyclic) bond motifs is 2. The Morgan fingerprint density at radius 3 is 1.71 bits per heavy atom. The van der Waals surface area contributed by atoms with E-state index in [1.54, 1.807) is 12.4 Å². The number of nitrogens with zero attached hydrogens (tertiary/aromatic N) is 2. The first-order valence-electron chi connectivity index (χ1n) is 7.55. The Morgan fingerprint density at radius 1 is 0.708 bits per heavy atom. The molecule has 4 aromatic rings. The molecule has 0 unspecified atom stereocenters. The molecule has 0 amide bonds. The van der Waals surface area contributed by atoms with E-state index in [9.17, 15) is 0 Å². The van der Waals surface area contributed by atoms with E-state index >= 15 is 0 Å². The smallest absolute Gasteiger partial charge is 0.175 e. The molecule has 0 aliphatic heterocycles. The van der Waals surface area contributed by atoms with Gasteiger partial charge < -0.3 is 10.6 Å². The Hall–Kier alpha value is -3.05. The largest absolute Gasteiger partial charge is 0.332 e. The summed E-state index contributed by atoms with van der Waals surface area (Å²) in [6, 6.07) is 16.0. The van der Waals surface area contributed by atoms with Gasteiger partial charge in [-0.25, -0.2) is 0 Å². The molecule has 2 N–H and O–H groups in total. The number of nitrogens with one attached hydrogen (secondary N) is 2. The molecule has 116 valence electrons. The topological polar surface area (TPSA) is 49.8 Å². The summed E-state index contributed by atoms with van der Waals surface area (Å²) in [5.74, 6) is 0. The van der Waals surface area contributed by atoms with E-state index in [1.807, 2.05) is 60.9 Å². The highest BCUT2D eigenvalue weighted by atomic mass is 32.1. The molecule has 0 saturated heterocycles. The van der Waals surface area contributed by atoms with Gasteiger partial charge in [-0.05, 0) is 36.5 Å². The van der Waals surface area contributed by atoms with Crippen molar-refractivity contribution in [1.82, 2.24) is 9.97 Å². The van der Waals surface area contributed by atoms with Crippen molar-refractivity contribution < 1.29 is 0 Å². The van der Waals surface area contributed by atoms with E-state index in [4.69, 9.17) is 12.2 Å². The van der Waals surface area contributed by atoms with E-state index in [-0.39, 0.29) is 0 Å². The first-order valence-corrected chi connectivity index (χ1v) is 7.95. The predicted octanol–water partition coefficient (Wildman–Crippen LogP) is 4.59. The molecule has 4 rings (SSSR count). The maximum absolute atomic E-state index is 5.49. The van der Waals surface area contributed by atoms with E-state index in [2.05, 4.69) is 20.6 Å². The number of benzene rings is 2. The molecular weight excluding hydrogens is 316 g/mol. The summed E-state index contributed by atoms with van der Waals surface area (Å²) in [7, 11) is 0. The first kappa shape index (κ1) is 14.5. The summed E-state index contributed by atoms with van der Waals surface area (Å²) in [5, 5.41) is 11.4. The van der Waals surface area contributed by atoms with Crippen LogP contribution in [0.5, 0.6) is 0 Å². The first-order chi connectivity index (χ1) is 11.8.